The number of esters is 1. The molecule has 1 aromatic rings. The first-order chi connectivity index (χ1) is 9.97. The largest absolute Gasteiger partial charge is 0.456 e. The molecule has 0 unspecified atom stereocenters. The quantitative estimate of drug-likeness (QED) is 0.844. The summed E-state index contributed by atoms with van der Waals surface area (Å²) in [6, 6.07) is 7.40. The topological polar surface area (TPSA) is 75.7 Å². The van der Waals surface area contributed by atoms with Gasteiger partial charge in [0.2, 0.25) is 5.91 Å². The van der Waals surface area contributed by atoms with Crippen molar-refractivity contribution in [3.8, 4) is 0 Å². The Morgan fingerprint density at radius 3 is 2.76 bits per heavy atom. The van der Waals surface area contributed by atoms with E-state index in [0.29, 0.717) is 0 Å². The van der Waals surface area contributed by atoms with Crippen LogP contribution in [0.3, 0.4) is 0 Å². The van der Waals surface area contributed by atoms with Crippen molar-refractivity contribution in [2.24, 2.45) is 0 Å². The summed E-state index contributed by atoms with van der Waals surface area (Å²) in [7, 11) is 3.16. The predicted octanol–water partition coefficient (Wildman–Crippen LogP) is 1.12. The van der Waals surface area contributed by atoms with Crippen molar-refractivity contribution in [2.45, 2.75) is 16.6 Å². The second-order valence-corrected chi connectivity index (χ2v) is 5.99. The Morgan fingerprint density at radius 1 is 1.33 bits per heavy atom. The molecule has 1 heterocycles. The molecule has 112 valence electrons. The number of hydrogen-bond donors (Lipinski definition) is 1. The van der Waals surface area contributed by atoms with Crippen LogP contribution in [0.15, 0.2) is 29.2 Å². The van der Waals surface area contributed by atoms with Gasteiger partial charge in [-0.25, -0.2) is 0 Å². The summed E-state index contributed by atoms with van der Waals surface area (Å²) >= 11 is 1.33. The Labute approximate surface area is 126 Å². The second-order valence-electron chi connectivity index (χ2n) is 4.74. The summed E-state index contributed by atoms with van der Waals surface area (Å²) in [5.74, 6) is -1.08. The van der Waals surface area contributed by atoms with E-state index in [1.807, 2.05) is 24.3 Å². The van der Waals surface area contributed by atoms with E-state index in [-0.39, 0.29) is 24.8 Å². The van der Waals surface area contributed by atoms with Gasteiger partial charge in [0.1, 0.15) is 0 Å². The van der Waals surface area contributed by atoms with E-state index in [2.05, 4.69) is 5.32 Å². The minimum absolute atomic E-state index is 0.0639. The Balaban J connectivity index is 1.90. The van der Waals surface area contributed by atoms with E-state index in [1.165, 1.54) is 16.7 Å². The highest BCUT2D eigenvalue weighted by atomic mass is 32.2. The lowest BCUT2D eigenvalue weighted by atomic mass is 10.2. The van der Waals surface area contributed by atoms with Crippen molar-refractivity contribution >= 4 is 35.2 Å². The molecule has 0 aromatic heterocycles. The number of rotatable bonds is 4. The van der Waals surface area contributed by atoms with E-state index in [0.717, 1.165) is 10.6 Å². The van der Waals surface area contributed by atoms with Crippen LogP contribution in [-0.4, -0.2) is 48.6 Å². The van der Waals surface area contributed by atoms with Gasteiger partial charge in [-0.1, -0.05) is 12.1 Å². The van der Waals surface area contributed by atoms with Crippen LogP contribution in [0.1, 0.15) is 6.42 Å². The molecule has 2 rings (SSSR count). The molecule has 0 fully saturated rings. The molecular formula is C14H16N2O4S. The van der Waals surface area contributed by atoms with E-state index >= 15 is 0 Å². The summed E-state index contributed by atoms with van der Waals surface area (Å²) in [5.41, 5.74) is 0.750. The van der Waals surface area contributed by atoms with Gasteiger partial charge in [-0.15, -0.1) is 11.8 Å². The van der Waals surface area contributed by atoms with Crippen LogP contribution in [0.2, 0.25) is 0 Å². The fraction of sp³-hybridized carbons (Fsp3) is 0.357. The Bertz CT molecular complexity index is 574. The maximum atomic E-state index is 11.9. The number of carbonyl (C=O) groups is 3. The van der Waals surface area contributed by atoms with Crippen LogP contribution in [0.4, 0.5) is 5.69 Å². The maximum Gasteiger partial charge on any atom is 0.307 e. The Morgan fingerprint density at radius 2 is 2.05 bits per heavy atom. The van der Waals surface area contributed by atoms with Gasteiger partial charge in [0.25, 0.3) is 5.91 Å². The molecule has 21 heavy (non-hydrogen) atoms. The smallest absolute Gasteiger partial charge is 0.307 e. The Kier molecular flexibility index (Phi) is 4.85. The van der Waals surface area contributed by atoms with Crippen LogP contribution < -0.4 is 5.32 Å². The number of nitrogens with one attached hydrogen (secondary N) is 1. The molecule has 1 aromatic carbocycles. The third kappa shape index (κ3) is 3.98. The van der Waals surface area contributed by atoms with Crippen molar-refractivity contribution in [3.63, 3.8) is 0 Å². The van der Waals surface area contributed by atoms with E-state index in [4.69, 9.17) is 4.74 Å². The lowest BCUT2D eigenvalue weighted by molar-refractivity contribution is -0.151. The highest BCUT2D eigenvalue weighted by Gasteiger charge is 2.29. The summed E-state index contributed by atoms with van der Waals surface area (Å²) in [5, 5.41) is 2.22. The summed E-state index contributed by atoms with van der Waals surface area (Å²) in [6.07, 6.45) is -0.0639. The number of likely N-dealkylation sites (N-methyl/N-ethyl adjacent to an activating group) is 1. The van der Waals surface area contributed by atoms with Gasteiger partial charge in [0.05, 0.1) is 17.4 Å². The number of anilines is 1. The van der Waals surface area contributed by atoms with E-state index < -0.39 is 11.2 Å². The van der Waals surface area contributed by atoms with Crippen LogP contribution >= 0.6 is 11.8 Å². The fourth-order valence-corrected chi connectivity index (χ4v) is 2.80. The molecule has 0 aliphatic carbocycles. The molecule has 0 bridgehead atoms. The van der Waals surface area contributed by atoms with Crippen molar-refractivity contribution in [1.29, 1.82) is 0 Å². The summed E-state index contributed by atoms with van der Waals surface area (Å²) in [4.78, 5) is 37.2. The standard InChI is InChI=1S/C14H16N2O4S/c1-16(2)12(17)8-20-13(18)7-11-14(19)15-9-5-3-4-6-10(9)21-11/h3-6,11H,7-8H2,1-2H3,(H,15,19)/t11-/m1/s1. The minimum Gasteiger partial charge on any atom is -0.456 e. The molecule has 7 heteroatoms. The summed E-state index contributed by atoms with van der Waals surface area (Å²) in [6.45, 7) is -0.304. The minimum atomic E-state index is -0.558. The lowest BCUT2D eigenvalue weighted by Crippen LogP contribution is -2.33. The molecule has 2 amide bonds. The van der Waals surface area contributed by atoms with E-state index in [9.17, 15) is 14.4 Å². The van der Waals surface area contributed by atoms with Gasteiger partial charge < -0.3 is 15.0 Å². The molecule has 6 nitrogen and oxygen atoms in total. The lowest BCUT2D eigenvalue weighted by Gasteiger charge is -2.23. The SMILES string of the molecule is CN(C)C(=O)COC(=O)C[C@H]1Sc2ccccc2NC1=O. The van der Waals surface area contributed by atoms with Gasteiger partial charge in [-0.2, -0.15) is 0 Å². The average molecular weight is 308 g/mol. The van der Waals surface area contributed by atoms with Gasteiger partial charge in [0.15, 0.2) is 6.61 Å². The number of thioether (sulfide) groups is 1. The maximum absolute atomic E-state index is 11.9. The highest BCUT2D eigenvalue weighted by molar-refractivity contribution is 8.01. The monoisotopic (exact) mass is 308 g/mol. The molecule has 1 aliphatic rings. The van der Waals surface area contributed by atoms with Crippen LogP contribution in [0, 0.1) is 0 Å². The molecule has 1 aliphatic heterocycles. The third-order valence-electron chi connectivity index (χ3n) is 2.91. The summed E-state index contributed by atoms with van der Waals surface area (Å²) < 4.78 is 4.88. The first-order valence-electron chi connectivity index (χ1n) is 6.39. The molecule has 0 spiro atoms. The number of para-hydroxylation sites is 1. The number of benzene rings is 1. The number of ether oxygens (including phenoxy) is 1. The zero-order valence-electron chi connectivity index (χ0n) is 11.8. The second kappa shape index (κ2) is 6.62. The number of fused-ring (bicyclic) bond motifs is 1. The van der Waals surface area contributed by atoms with Gasteiger partial charge in [-0.3, -0.25) is 14.4 Å². The molecule has 1 atom stereocenters. The van der Waals surface area contributed by atoms with Gasteiger partial charge in [0, 0.05) is 19.0 Å². The van der Waals surface area contributed by atoms with Gasteiger partial charge in [-0.05, 0) is 12.1 Å². The van der Waals surface area contributed by atoms with Crippen molar-refractivity contribution in [1.82, 2.24) is 4.90 Å². The zero-order chi connectivity index (χ0) is 15.4. The normalized spacial score (nSPS) is 16.7. The zero-order valence-corrected chi connectivity index (χ0v) is 12.6. The Hall–Kier alpha value is -2.02. The first-order valence-corrected chi connectivity index (χ1v) is 7.27. The fourth-order valence-electron chi connectivity index (χ4n) is 1.71. The van der Waals surface area contributed by atoms with Crippen molar-refractivity contribution in [3.05, 3.63) is 24.3 Å². The van der Waals surface area contributed by atoms with Crippen LogP contribution in [0.5, 0.6) is 0 Å². The number of amides is 2. The van der Waals surface area contributed by atoms with Crippen LogP contribution in [-0.2, 0) is 19.1 Å². The number of carbonyl (C=O) groups excluding carboxylic acids is 3. The average Bonchev–Trinajstić information content (AvgIpc) is 2.45. The van der Waals surface area contributed by atoms with Gasteiger partial charge >= 0.3 is 5.97 Å². The van der Waals surface area contributed by atoms with E-state index in [1.54, 1.807) is 14.1 Å². The molecule has 0 saturated carbocycles. The van der Waals surface area contributed by atoms with Crippen LogP contribution in [0.25, 0.3) is 0 Å². The predicted molar refractivity (Wildman–Crippen MR) is 79.0 cm³/mol. The molecule has 1 N–H and O–H groups in total. The first kappa shape index (κ1) is 15.4. The molecule has 0 radical (unpaired) electrons. The third-order valence-corrected chi connectivity index (χ3v) is 4.19. The number of nitrogens with zero attached hydrogens (tertiary/aromatic N) is 1. The highest BCUT2D eigenvalue weighted by Crippen LogP contribution is 2.36. The van der Waals surface area contributed by atoms with Crippen molar-refractivity contribution < 1.29 is 19.1 Å². The molecule has 0 saturated heterocycles. The number of hydrogen-bond acceptors (Lipinski definition) is 5. The molecular weight excluding hydrogens is 292 g/mol. The van der Waals surface area contributed by atoms with Crippen molar-refractivity contribution in [2.75, 3.05) is 26.0 Å².